The van der Waals surface area contributed by atoms with Crippen LogP contribution in [-0.4, -0.2) is 39.0 Å². The normalized spacial score (nSPS) is 19.8. The molecule has 0 bridgehead atoms. The summed E-state index contributed by atoms with van der Waals surface area (Å²) in [6.45, 7) is 0. The van der Waals surface area contributed by atoms with Crippen LogP contribution < -0.4 is 0 Å². The Morgan fingerprint density at radius 2 is 2.14 bits per heavy atom. The van der Waals surface area contributed by atoms with Gasteiger partial charge in [0.1, 0.15) is 5.69 Å². The van der Waals surface area contributed by atoms with Crippen molar-refractivity contribution in [2.24, 2.45) is 0 Å². The van der Waals surface area contributed by atoms with Gasteiger partial charge in [-0.15, -0.1) is 0 Å². The van der Waals surface area contributed by atoms with Gasteiger partial charge in [-0.05, 0) is 23.3 Å². The van der Waals surface area contributed by atoms with Crippen LogP contribution in [0.3, 0.4) is 0 Å². The van der Waals surface area contributed by atoms with Gasteiger partial charge < -0.3 is 10.0 Å². The molecule has 114 valence electrons. The molecule has 1 amide bonds. The molecule has 0 fully saturated rings. The van der Waals surface area contributed by atoms with Gasteiger partial charge >= 0.3 is 0 Å². The summed E-state index contributed by atoms with van der Waals surface area (Å²) in [5.41, 5.74) is 1.81. The van der Waals surface area contributed by atoms with Gasteiger partial charge in [-0.3, -0.25) is 9.78 Å². The Kier molecular flexibility index (Phi) is 4.04. The molecule has 1 N–H and O–H groups in total. The van der Waals surface area contributed by atoms with E-state index in [9.17, 15) is 9.90 Å². The van der Waals surface area contributed by atoms with Crippen LogP contribution in [-0.2, 0) is 6.42 Å². The summed E-state index contributed by atoms with van der Waals surface area (Å²) in [5, 5.41) is 11.3. The molecule has 1 aliphatic rings. The molecule has 3 rings (SSSR count). The summed E-state index contributed by atoms with van der Waals surface area (Å²) in [5.74, 6) is -0.318. The Labute approximate surface area is 137 Å². The quantitative estimate of drug-likeness (QED) is 0.914. The second-order valence-electron chi connectivity index (χ2n) is 5.18. The Balaban J connectivity index is 1.98. The van der Waals surface area contributed by atoms with E-state index in [0.717, 1.165) is 11.1 Å². The average molecular weight is 338 g/mol. The molecule has 5 nitrogen and oxygen atoms in total. The van der Waals surface area contributed by atoms with Crippen LogP contribution in [0.2, 0.25) is 10.0 Å². The number of nitrogens with zero attached hydrogens (tertiary/aromatic N) is 3. The van der Waals surface area contributed by atoms with Crippen LogP contribution >= 0.6 is 23.2 Å². The number of fused-ring (bicyclic) bond motifs is 1. The summed E-state index contributed by atoms with van der Waals surface area (Å²) in [6.07, 6.45) is 3.99. The van der Waals surface area contributed by atoms with Crippen molar-refractivity contribution in [3.8, 4) is 0 Å². The first-order valence-corrected chi connectivity index (χ1v) is 7.43. The zero-order chi connectivity index (χ0) is 15.9. The van der Waals surface area contributed by atoms with Gasteiger partial charge in [-0.1, -0.05) is 23.2 Å². The lowest BCUT2D eigenvalue weighted by Crippen LogP contribution is -2.36. The molecular weight excluding hydrogens is 325 g/mol. The van der Waals surface area contributed by atoms with Gasteiger partial charge in [0.15, 0.2) is 0 Å². The lowest BCUT2D eigenvalue weighted by molar-refractivity contribution is 0.0492. The van der Waals surface area contributed by atoms with Crippen molar-refractivity contribution in [1.82, 2.24) is 14.9 Å². The zero-order valence-corrected chi connectivity index (χ0v) is 13.2. The van der Waals surface area contributed by atoms with E-state index < -0.39 is 12.1 Å². The van der Waals surface area contributed by atoms with Crippen molar-refractivity contribution in [3.05, 3.63) is 57.6 Å². The molecule has 0 radical (unpaired) electrons. The number of likely N-dealkylation sites (N-methyl/N-ethyl adjacent to an activating group) is 1. The van der Waals surface area contributed by atoms with Crippen LogP contribution in [0.1, 0.15) is 27.7 Å². The van der Waals surface area contributed by atoms with E-state index in [4.69, 9.17) is 23.2 Å². The van der Waals surface area contributed by atoms with E-state index >= 15 is 0 Å². The van der Waals surface area contributed by atoms with Crippen molar-refractivity contribution in [2.75, 3.05) is 7.05 Å². The van der Waals surface area contributed by atoms with Gasteiger partial charge in [0.05, 0.1) is 18.3 Å². The number of rotatable bonds is 2. The fourth-order valence-electron chi connectivity index (χ4n) is 2.81. The minimum atomic E-state index is -0.739. The largest absolute Gasteiger partial charge is 0.390 e. The van der Waals surface area contributed by atoms with E-state index in [1.807, 2.05) is 0 Å². The number of amides is 1. The highest BCUT2D eigenvalue weighted by molar-refractivity contribution is 6.35. The van der Waals surface area contributed by atoms with Gasteiger partial charge in [0.2, 0.25) is 0 Å². The highest BCUT2D eigenvalue weighted by atomic mass is 35.5. The first kappa shape index (κ1) is 15.2. The third kappa shape index (κ3) is 2.56. The maximum Gasteiger partial charge on any atom is 0.274 e. The molecule has 1 aromatic heterocycles. The monoisotopic (exact) mass is 337 g/mol. The first-order valence-electron chi connectivity index (χ1n) is 6.68. The van der Waals surface area contributed by atoms with E-state index in [1.165, 1.54) is 23.5 Å². The topological polar surface area (TPSA) is 66.3 Å². The third-order valence-corrected chi connectivity index (χ3v) is 4.37. The summed E-state index contributed by atoms with van der Waals surface area (Å²) in [7, 11) is 1.62. The number of aromatic nitrogens is 2. The van der Waals surface area contributed by atoms with Crippen LogP contribution in [0.25, 0.3) is 0 Å². The minimum Gasteiger partial charge on any atom is -0.390 e. The minimum absolute atomic E-state index is 0.221. The highest BCUT2D eigenvalue weighted by Crippen LogP contribution is 2.41. The van der Waals surface area contributed by atoms with Gasteiger partial charge in [-0.2, -0.15) is 0 Å². The number of hydrogen-bond donors (Lipinski definition) is 1. The smallest absolute Gasteiger partial charge is 0.274 e. The van der Waals surface area contributed by atoms with E-state index in [2.05, 4.69) is 9.97 Å². The maximum atomic E-state index is 12.5. The van der Waals surface area contributed by atoms with Gasteiger partial charge in [0.25, 0.3) is 5.91 Å². The Bertz CT molecular complexity index is 724. The van der Waals surface area contributed by atoms with Gasteiger partial charge in [0, 0.05) is 35.9 Å². The molecule has 1 aromatic carbocycles. The number of aliphatic hydroxyl groups excluding tert-OH is 1. The Morgan fingerprint density at radius 1 is 1.36 bits per heavy atom. The standard InChI is InChI=1S/C15H13Cl2N3O2/c1-20(15(22)12-7-18-2-3-19-12)14-10-4-8(16)5-11(17)9(10)6-13(14)21/h2-5,7,13-14,21H,6H2,1H3. The molecule has 7 heteroatoms. The van der Waals surface area contributed by atoms with E-state index in [1.54, 1.807) is 19.2 Å². The number of carbonyl (C=O) groups excluding carboxylic acids is 1. The van der Waals surface area contributed by atoms with E-state index in [0.29, 0.717) is 16.5 Å². The summed E-state index contributed by atoms with van der Waals surface area (Å²) >= 11 is 12.2. The third-order valence-electron chi connectivity index (χ3n) is 3.81. The molecule has 22 heavy (non-hydrogen) atoms. The van der Waals surface area contributed by atoms with Crippen molar-refractivity contribution in [1.29, 1.82) is 0 Å². The van der Waals surface area contributed by atoms with E-state index in [-0.39, 0.29) is 11.6 Å². The van der Waals surface area contributed by atoms with Crippen LogP contribution in [0.5, 0.6) is 0 Å². The molecule has 0 spiro atoms. The predicted molar refractivity (Wildman–Crippen MR) is 83.0 cm³/mol. The Morgan fingerprint density at radius 3 is 2.82 bits per heavy atom. The van der Waals surface area contributed by atoms with Crippen molar-refractivity contribution in [2.45, 2.75) is 18.6 Å². The average Bonchev–Trinajstić information content (AvgIpc) is 2.83. The molecule has 2 atom stereocenters. The molecule has 1 aliphatic carbocycles. The fourth-order valence-corrected chi connectivity index (χ4v) is 3.40. The molecule has 1 heterocycles. The number of carbonyl (C=O) groups is 1. The summed E-state index contributed by atoms with van der Waals surface area (Å²) in [4.78, 5) is 21.8. The first-order chi connectivity index (χ1) is 10.5. The number of hydrogen-bond acceptors (Lipinski definition) is 4. The number of benzene rings is 1. The zero-order valence-electron chi connectivity index (χ0n) is 11.7. The SMILES string of the molecule is CN(C(=O)c1cnccn1)C1c2cc(Cl)cc(Cl)c2CC1O. The van der Waals surface area contributed by atoms with Crippen molar-refractivity contribution < 1.29 is 9.90 Å². The molecule has 0 aliphatic heterocycles. The fraction of sp³-hybridized carbons (Fsp3) is 0.267. The molecule has 0 saturated carbocycles. The predicted octanol–water partition coefficient (Wildman–Crippen LogP) is 2.51. The second-order valence-corrected chi connectivity index (χ2v) is 6.02. The number of halogens is 2. The maximum absolute atomic E-state index is 12.5. The Hall–Kier alpha value is -1.69. The van der Waals surface area contributed by atoms with Gasteiger partial charge in [-0.25, -0.2) is 4.98 Å². The molecule has 0 saturated heterocycles. The summed E-state index contributed by atoms with van der Waals surface area (Å²) < 4.78 is 0. The molecular formula is C15H13Cl2N3O2. The van der Waals surface area contributed by atoms with Crippen LogP contribution in [0.15, 0.2) is 30.7 Å². The number of aliphatic hydroxyl groups is 1. The lowest BCUT2D eigenvalue weighted by atomic mass is 10.1. The summed E-state index contributed by atoms with van der Waals surface area (Å²) in [6, 6.07) is 2.87. The van der Waals surface area contributed by atoms with Crippen LogP contribution in [0, 0.1) is 0 Å². The molecule has 2 aromatic rings. The second kappa shape index (κ2) is 5.83. The lowest BCUT2D eigenvalue weighted by Gasteiger charge is -2.27. The van der Waals surface area contributed by atoms with Crippen LogP contribution in [0.4, 0.5) is 0 Å². The highest BCUT2D eigenvalue weighted by Gasteiger charge is 2.38. The van der Waals surface area contributed by atoms with Crippen molar-refractivity contribution in [3.63, 3.8) is 0 Å². The van der Waals surface area contributed by atoms with Crippen molar-refractivity contribution >= 4 is 29.1 Å². The molecule has 2 unspecified atom stereocenters.